The zero-order chi connectivity index (χ0) is 15.5. The molecule has 2 aromatic carbocycles. The van der Waals surface area contributed by atoms with Crippen molar-refractivity contribution in [2.45, 2.75) is 12.5 Å². The maximum atomic E-state index is 14.0. The lowest BCUT2D eigenvalue weighted by Gasteiger charge is -2.17. The zero-order valence-corrected chi connectivity index (χ0v) is 13.1. The van der Waals surface area contributed by atoms with E-state index < -0.39 is 0 Å². The molecule has 116 valence electrons. The molecule has 0 aliphatic carbocycles. The number of rotatable bonds is 4. The molecule has 0 unspecified atom stereocenters. The van der Waals surface area contributed by atoms with Crippen LogP contribution >= 0.6 is 11.6 Å². The van der Waals surface area contributed by atoms with Gasteiger partial charge in [-0.2, -0.15) is 0 Å². The Kier molecular flexibility index (Phi) is 4.77. The Morgan fingerprint density at radius 2 is 1.91 bits per heavy atom. The van der Waals surface area contributed by atoms with Crippen LogP contribution in [0.15, 0.2) is 48.5 Å². The van der Waals surface area contributed by atoms with Gasteiger partial charge in [0.25, 0.3) is 0 Å². The summed E-state index contributed by atoms with van der Waals surface area (Å²) in [5, 5.41) is 0.435. The first-order valence-corrected chi connectivity index (χ1v) is 7.96. The normalized spacial score (nSPS) is 22.1. The van der Waals surface area contributed by atoms with Crippen molar-refractivity contribution in [3.8, 4) is 0 Å². The summed E-state index contributed by atoms with van der Waals surface area (Å²) >= 11 is 5.81. The van der Waals surface area contributed by atoms with Gasteiger partial charge in [-0.15, -0.1) is 0 Å². The van der Waals surface area contributed by atoms with Crippen LogP contribution in [0.1, 0.15) is 17.0 Å². The number of halogens is 2. The average molecular weight is 319 g/mol. The van der Waals surface area contributed by atoms with E-state index in [1.807, 2.05) is 6.07 Å². The van der Waals surface area contributed by atoms with Crippen molar-refractivity contribution < 1.29 is 4.39 Å². The molecule has 2 nitrogen and oxygen atoms in total. The number of benzene rings is 2. The van der Waals surface area contributed by atoms with Crippen molar-refractivity contribution in [1.82, 2.24) is 4.90 Å². The van der Waals surface area contributed by atoms with Crippen LogP contribution < -0.4 is 5.73 Å². The van der Waals surface area contributed by atoms with Crippen molar-refractivity contribution in [3.63, 3.8) is 0 Å². The topological polar surface area (TPSA) is 29.3 Å². The van der Waals surface area contributed by atoms with Crippen LogP contribution in [0.25, 0.3) is 0 Å². The Labute approximate surface area is 135 Å². The number of hydrogen-bond acceptors (Lipinski definition) is 2. The minimum absolute atomic E-state index is 0.236. The van der Waals surface area contributed by atoms with Crippen molar-refractivity contribution in [2.75, 3.05) is 19.6 Å². The summed E-state index contributed by atoms with van der Waals surface area (Å²) in [5.74, 6) is 0.597. The second-order valence-corrected chi connectivity index (χ2v) is 6.38. The molecule has 0 amide bonds. The molecule has 3 rings (SSSR count). The van der Waals surface area contributed by atoms with Crippen LogP contribution in [0.5, 0.6) is 0 Å². The number of nitrogens with two attached hydrogens (primary N) is 1. The van der Waals surface area contributed by atoms with Gasteiger partial charge in [-0.3, -0.25) is 4.90 Å². The number of hydrogen-bond donors (Lipinski definition) is 1. The maximum absolute atomic E-state index is 14.0. The van der Waals surface area contributed by atoms with Gasteiger partial charge in [0.1, 0.15) is 5.82 Å². The molecule has 2 aromatic rings. The minimum Gasteiger partial charge on any atom is -0.330 e. The highest BCUT2D eigenvalue weighted by Gasteiger charge is 2.32. The van der Waals surface area contributed by atoms with Gasteiger partial charge in [0.15, 0.2) is 0 Å². The summed E-state index contributed by atoms with van der Waals surface area (Å²) in [6.07, 6.45) is 0. The maximum Gasteiger partial charge on any atom is 0.129 e. The molecule has 0 saturated carbocycles. The predicted octanol–water partition coefficient (Wildman–Crippen LogP) is 3.65. The van der Waals surface area contributed by atoms with E-state index in [1.54, 1.807) is 12.1 Å². The summed E-state index contributed by atoms with van der Waals surface area (Å²) in [6.45, 7) is 3.06. The molecule has 1 saturated heterocycles. The summed E-state index contributed by atoms with van der Waals surface area (Å²) in [4.78, 5) is 2.28. The van der Waals surface area contributed by atoms with Crippen molar-refractivity contribution in [3.05, 3.63) is 70.5 Å². The van der Waals surface area contributed by atoms with E-state index in [1.165, 1.54) is 11.6 Å². The van der Waals surface area contributed by atoms with E-state index in [2.05, 4.69) is 29.2 Å². The largest absolute Gasteiger partial charge is 0.330 e. The third-order valence-electron chi connectivity index (χ3n) is 4.46. The van der Waals surface area contributed by atoms with E-state index in [9.17, 15) is 4.39 Å². The Hall–Kier alpha value is -1.42. The first-order chi connectivity index (χ1) is 10.7. The first-order valence-electron chi connectivity index (χ1n) is 7.58. The Morgan fingerprint density at radius 1 is 1.14 bits per heavy atom. The molecule has 1 heterocycles. The molecule has 22 heavy (non-hydrogen) atoms. The summed E-state index contributed by atoms with van der Waals surface area (Å²) in [7, 11) is 0. The van der Waals surface area contributed by atoms with Crippen molar-refractivity contribution in [1.29, 1.82) is 0 Å². The monoisotopic (exact) mass is 318 g/mol. The van der Waals surface area contributed by atoms with Gasteiger partial charge in [-0.25, -0.2) is 4.39 Å². The van der Waals surface area contributed by atoms with Gasteiger partial charge >= 0.3 is 0 Å². The molecule has 1 aliphatic heterocycles. The second-order valence-electron chi connectivity index (χ2n) is 5.94. The van der Waals surface area contributed by atoms with Gasteiger partial charge < -0.3 is 5.73 Å². The SMILES string of the molecule is NC[C@@H]1CN(Cc2ccc(Cl)cc2F)C[C@H]1c1ccccc1. The Morgan fingerprint density at radius 3 is 2.59 bits per heavy atom. The van der Waals surface area contributed by atoms with Crippen LogP contribution in [0.3, 0.4) is 0 Å². The molecule has 0 aromatic heterocycles. The molecule has 2 N–H and O–H groups in total. The summed E-state index contributed by atoms with van der Waals surface area (Å²) in [6, 6.07) is 15.3. The Bertz CT molecular complexity index is 632. The van der Waals surface area contributed by atoms with Crippen LogP contribution in [-0.4, -0.2) is 24.5 Å². The number of nitrogens with zero attached hydrogens (tertiary/aromatic N) is 1. The lowest BCUT2D eigenvalue weighted by Crippen LogP contribution is -2.23. The van der Waals surface area contributed by atoms with Gasteiger partial charge in [0, 0.05) is 36.1 Å². The molecule has 1 fully saturated rings. The zero-order valence-electron chi connectivity index (χ0n) is 12.4. The van der Waals surface area contributed by atoms with Crippen molar-refractivity contribution in [2.24, 2.45) is 11.7 Å². The van der Waals surface area contributed by atoms with Crippen molar-refractivity contribution >= 4 is 11.6 Å². The molecule has 0 radical (unpaired) electrons. The van der Waals surface area contributed by atoms with E-state index in [0.29, 0.717) is 35.5 Å². The highest BCUT2D eigenvalue weighted by atomic mass is 35.5. The lowest BCUT2D eigenvalue weighted by molar-refractivity contribution is 0.311. The summed E-state index contributed by atoms with van der Waals surface area (Å²) in [5.41, 5.74) is 7.95. The smallest absolute Gasteiger partial charge is 0.129 e. The highest BCUT2D eigenvalue weighted by molar-refractivity contribution is 6.30. The second kappa shape index (κ2) is 6.78. The highest BCUT2D eigenvalue weighted by Crippen LogP contribution is 2.33. The molecule has 4 heteroatoms. The molecule has 0 bridgehead atoms. The average Bonchev–Trinajstić information content (AvgIpc) is 2.94. The van der Waals surface area contributed by atoms with E-state index in [4.69, 9.17) is 17.3 Å². The van der Waals surface area contributed by atoms with Gasteiger partial charge in [-0.1, -0.05) is 48.0 Å². The van der Waals surface area contributed by atoms with E-state index >= 15 is 0 Å². The number of likely N-dealkylation sites (tertiary alicyclic amines) is 1. The fourth-order valence-electron chi connectivity index (χ4n) is 3.30. The molecule has 1 aliphatic rings. The van der Waals surface area contributed by atoms with Gasteiger partial charge in [0.05, 0.1) is 0 Å². The minimum atomic E-state index is -0.236. The molecular formula is C18H20ClFN2. The fourth-order valence-corrected chi connectivity index (χ4v) is 3.46. The lowest BCUT2D eigenvalue weighted by atomic mass is 9.89. The van der Waals surface area contributed by atoms with Crippen LogP contribution in [-0.2, 0) is 6.54 Å². The quantitative estimate of drug-likeness (QED) is 0.932. The third kappa shape index (κ3) is 3.32. The van der Waals surface area contributed by atoms with Crippen LogP contribution in [0, 0.1) is 11.7 Å². The fraction of sp³-hybridized carbons (Fsp3) is 0.333. The molecular weight excluding hydrogens is 299 g/mol. The summed E-state index contributed by atoms with van der Waals surface area (Å²) < 4.78 is 14.0. The van der Waals surface area contributed by atoms with Crippen LogP contribution in [0.2, 0.25) is 5.02 Å². The molecule has 2 atom stereocenters. The predicted molar refractivity (Wildman–Crippen MR) is 88.4 cm³/mol. The standard InChI is InChI=1S/C18H20ClFN2/c19-16-7-6-14(18(20)8-16)10-22-11-15(9-21)17(12-22)13-4-2-1-3-5-13/h1-8,15,17H,9-12,21H2/t15-,17+/m1/s1. The molecule has 0 spiro atoms. The van der Waals surface area contributed by atoms with E-state index in [-0.39, 0.29) is 5.82 Å². The van der Waals surface area contributed by atoms with E-state index in [0.717, 1.165) is 13.1 Å². The first kappa shape index (κ1) is 15.5. The Balaban J connectivity index is 1.74. The van der Waals surface area contributed by atoms with Gasteiger partial charge in [0.2, 0.25) is 0 Å². The third-order valence-corrected chi connectivity index (χ3v) is 4.69. The van der Waals surface area contributed by atoms with Gasteiger partial charge in [-0.05, 0) is 30.2 Å². The van der Waals surface area contributed by atoms with Crippen LogP contribution in [0.4, 0.5) is 4.39 Å².